The molecule has 35 heavy (non-hydrogen) atoms. The molecular formula is C25H22Cl3NO5S. The number of carbonyl (C=O) groups excluding carboxylic acids is 2. The number of ether oxygens (including phenoxy) is 2. The summed E-state index contributed by atoms with van der Waals surface area (Å²) in [7, 11) is 0. The third-order valence-electron chi connectivity index (χ3n) is 4.71. The van der Waals surface area contributed by atoms with E-state index in [1.54, 1.807) is 31.2 Å². The molecule has 0 aromatic heterocycles. The van der Waals surface area contributed by atoms with Gasteiger partial charge in [0.05, 0.1) is 21.6 Å². The predicted octanol–water partition coefficient (Wildman–Crippen LogP) is 7.41. The number of halogens is 3. The fourth-order valence-corrected chi connectivity index (χ4v) is 4.93. The molecule has 3 rings (SSSR count). The Labute approximate surface area is 222 Å². The minimum atomic E-state index is -0.761. The van der Waals surface area contributed by atoms with Crippen LogP contribution in [0, 0.1) is 0 Å². The van der Waals surface area contributed by atoms with E-state index in [1.165, 1.54) is 0 Å². The first-order valence-electron chi connectivity index (χ1n) is 10.7. The molecule has 0 radical (unpaired) electrons. The van der Waals surface area contributed by atoms with Crippen LogP contribution in [0.25, 0.3) is 6.08 Å². The van der Waals surface area contributed by atoms with Gasteiger partial charge in [0.2, 0.25) is 5.91 Å². The molecule has 2 aromatic rings. The number of benzene rings is 2. The lowest BCUT2D eigenvalue weighted by atomic mass is 10.1. The molecule has 0 saturated heterocycles. The van der Waals surface area contributed by atoms with E-state index in [2.05, 4.69) is 4.99 Å². The summed E-state index contributed by atoms with van der Waals surface area (Å²) in [6.07, 6.45) is 2.41. The molecule has 1 aliphatic heterocycles. The Bertz CT molecular complexity index is 1220. The second-order valence-corrected chi connectivity index (χ2v) is 9.56. The average molecular weight is 555 g/mol. The highest BCUT2D eigenvalue weighted by atomic mass is 35.5. The molecule has 0 bridgehead atoms. The zero-order valence-electron chi connectivity index (χ0n) is 18.9. The van der Waals surface area contributed by atoms with Crippen LogP contribution in [0.15, 0.2) is 57.6 Å². The molecule has 1 amide bonds. The highest BCUT2D eigenvalue weighted by Crippen LogP contribution is 2.41. The van der Waals surface area contributed by atoms with E-state index in [0.717, 1.165) is 17.3 Å². The van der Waals surface area contributed by atoms with E-state index < -0.39 is 11.9 Å². The van der Waals surface area contributed by atoms with Crippen molar-refractivity contribution in [2.24, 2.45) is 4.99 Å². The quantitative estimate of drug-likeness (QED) is 0.342. The van der Waals surface area contributed by atoms with Crippen LogP contribution in [-0.4, -0.2) is 28.6 Å². The third kappa shape index (κ3) is 6.82. The predicted molar refractivity (Wildman–Crippen MR) is 141 cm³/mol. The van der Waals surface area contributed by atoms with Gasteiger partial charge in [-0.3, -0.25) is 4.79 Å². The largest absolute Gasteiger partial charge is 0.506 e. The fraction of sp³-hybridized carbons (Fsp3) is 0.240. The highest BCUT2D eigenvalue weighted by molar-refractivity contribution is 8.18. The fourth-order valence-electron chi connectivity index (χ4n) is 3.09. The van der Waals surface area contributed by atoms with E-state index in [1.807, 2.05) is 25.1 Å². The number of rotatable bonds is 8. The average Bonchev–Trinajstić information content (AvgIpc) is 3.09. The molecular weight excluding hydrogens is 533 g/mol. The van der Waals surface area contributed by atoms with Gasteiger partial charge >= 0.3 is 5.97 Å². The SMILES string of the molecule is CCCC(=O)N=C1S/C(=C\c2cc(Cl)c(OCc3ccccc3Cl)c(Cl)c2)C(O)=C1C(=O)OCC. The minimum Gasteiger partial charge on any atom is -0.506 e. The van der Waals surface area contributed by atoms with Crippen molar-refractivity contribution in [1.29, 1.82) is 0 Å². The van der Waals surface area contributed by atoms with Crippen LogP contribution in [0.3, 0.4) is 0 Å². The van der Waals surface area contributed by atoms with Gasteiger partial charge in [-0.25, -0.2) is 9.79 Å². The number of aliphatic hydroxyl groups is 1. The second-order valence-electron chi connectivity index (χ2n) is 7.31. The molecule has 0 saturated carbocycles. The highest BCUT2D eigenvalue weighted by Gasteiger charge is 2.33. The molecule has 0 aliphatic carbocycles. The van der Waals surface area contributed by atoms with Crippen LogP contribution < -0.4 is 4.74 Å². The van der Waals surface area contributed by atoms with E-state index in [4.69, 9.17) is 44.3 Å². The summed E-state index contributed by atoms with van der Waals surface area (Å²) in [5.41, 5.74) is 1.17. The molecule has 0 unspecified atom stereocenters. The zero-order valence-corrected chi connectivity index (χ0v) is 22.0. The second kappa shape index (κ2) is 12.5. The number of thioether (sulfide) groups is 1. The first kappa shape index (κ1) is 27.1. The molecule has 2 aromatic carbocycles. The molecule has 10 heteroatoms. The van der Waals surface area contributed by atoms with Gasteiger partial charge in [-0.15, -0.1) is 0 Å². The summed E-state index contributed by atoms with van der Waals surface area (Å²) in [5.74, 6) is -1.20. The number of aliphatic imine (C=N–C) groups is 1. The lowest BCUT2D eigenvalue weighted by Gasteiger charge is -2.12. The molecule has 0 fully saturated rings. The van der Waals surface area contributed by atoms with Crippen molar-refractivity contribution < 1.29 is 24.2 Å². The van der Waals surface area contributed by atoms with Crippen LogP contribution >= 0.6 is 46.6 Å². The molecule has 6 nitrogen and oxygen atoms in total. The number of hydrogen-bond acceptors (Lipinski definition) is 6. The Hall–Kier alpha value is -2.45. The van der Waals surface area contributed by atoms with Gasteiger partial charge in [0.15, 0.2) is 5.75 Å². The van der Waals surface area contributed by atoms with Gasteiger partial charge in [0.1, 0.15) is 23.0 Å². The van der Waals surface area contributed by atoms with Gasteiger partial charge in [-0.05, 0) is 43.2 Å². The van der Waals surface area contributed by atoms with Crippen molar-refractivity contribution in [2.75, 3.05) is 6.61 Å². The molecule has 184 valence electrons. The van der Waals surface area contributed by atoms with Gasteiger partial charge < -0.3 is 14.6 Å². The van der Waals surface area contributed by atoms with Gasteiger partial charge in [0.25, 0.3) is 0 Å². The maximum absolute atomic E-state index is 12.4. The Balaban J connectivity index is 1.90. The normalized spacial score (nSPS) is 15.7. The molecule has 1 aliphatic rings. The first-order chi connectivity index (χ1) is 16.7. The van der Waals surface area contributed by atoms with Crippen molar-refractivity contribution in [1.82, 2.24) is 0 Å². The molecule has 0 atom stereocenters. The lowest BCUT2D eigenvalue weighted by Crippen LogP contribution is -2.14. The topological polar surface area (TPSA) is 85.2 Å². The van der Waals surface area contributed by atoms with E-state index >= 15 is 0 Å². The Morgan fingerprint density at radius 2 is 1.77 bits per heavy atom. The monoisotopic (exact) mass is 553 g/mol. The summed E-state index contributed by atoms with van der Waals surface area (Å²) in [6, 6.07) is 10.5. The Morgan fingerprint density at radius 3 is 2.40 bits per heavy atom. The summed E-state index contributed by atoms with van der Waals surface area (Å²) < 4.78 is 10.8. The molecule has 1 N–H and O–H groups in total. The molecule has 1 heterocycles. The number of hydrogen-bond donors (Lipinski definition) is 1. The van der Waals surface area contributed by atoms with E-state index in [0.29, 0.717) is 21.9 Å². The molecule has 0 spiro atoms. The van der Waals surface area contributed by atoms with Crippen molar-refractivity contribution in [3.05, 3.63) is 78.8 Å². The Morgan fingerprint density at radius 1 is 1.09 bits per heavy atom. The lowest BCUT2D eigenvalue weighted by molar-refractivity contribution is -0.138. The van der Waals surface area contributed by atoms with Crippen LogP contribution in [0.2, 0.25) is 15.1 Å². The first-order valence-corrected chi connectivity index (χ1v) is 12.7. The number of nitrogens with zero attached hydrogens (tertiary/aromatic N) is 1. The van der Waals surface area contributed by atoms with Crippen LogP contribution in [0.1, 0.15) is 37.8 Å². The van der Waals surface area contributed by atoms with Gasteiger partial charge in [-0.1, -0.05) is 71.7 Å². The van der Waals surface area contributed by atoms with Crippen molar-refractivity contribution >= 4 is 69.6 Å². The van der Waals surface area contributed by atoms with E-state index in [9.17, 15) is 14.7 Å². The Kier molecular flexibility index (Phi) is 9.69. The van der Waals surface area contributed by atoms with Gasteiger partial charge in [0, 0.05) is 17.0 Å². The minimum absolute atomic E-state index is 0.0857. The number of aliphatic hydroxyl groups excluding tert-OH is 1. The maximum Gasteiger partial charge on any atom is 0.344 e. The smallest absolute Gasteiger partial charge is 0.344 e. The zero-order chi connectivity index (χ0) is 25.5. The van der Waals surface area contributed by atoms with E-state index in [-0.39, 0.29) is 51.8 Å². The van der Waals surface area contributed by atoms with Crippen molar-refractivity contribution in [3.63, 3.8) is 0 Å². The van der Waals surface area contributed by atoms with Crippen LogP contribution in [0.4, 0.5) is 0 Å². The summed E-state index contributed by atoms with van der Waals surface area (Å²) in [4.78, 5) is 28.8. The van der Waals surface area contributed by atoms with Crippen LogP contribution in [-0.2, 0) is 20.9 Å². The standard InChI is InChI=1S/C25H22Cl3NO5S/c1-3-7-20(30)29-24-21(25(32)33-4-2)22(31)19(35-24)12-14-10-17(27)23(18(28)11-14)34-13-15-8-5-6-9-16(15)26/h5-6,8-12,31H,3-4,7,13H2,1-2H3/b19-12-,29-24?. The summed E-state index contributed by atoms with van der Waals surface area (Å²) in [6.45, 7) is 3.77. The van der Waals surface area contributed by atoms with Crippen LogP contribution in [0.5, 0.6) is 5.75 Å². The summed E-state index contributed by atoms with van der Waals surface area (Å²) in [5, 5.41) is 11.9. The maximum atomic E-state index is 12.4. The van der Waals surface area contributed by atoms with Gasteiger partial charge in [-0.2, -0.15) is 0 Å². The van der Waals surface area contributed by atoms with Crippen molar-refractivity contribution in [2.45, 2.75) is 33.3 Å². The third-order valence-corrected chi connectivity index (χ3v) is 6.66. The number of amides is 1. The number of esters is 1. The number of carbonyl (C=O) groups is 2. The van der Waals surface area contributed by atoms with Crippen molar-refractivity contribution in [3.8, 4) is 5.75 Å². The summed E-state index contributed by atoms with van der Waals surface area (Å²) >= 11 is 20.0.